The summed E-state index contributed by atoms with van der Waals surface area (Å²) in [6.45, 7) is 11.0. The maximum absolute atomic E-state index is 6.87. The molecule has 1 saturated heterocycles. The molecule has 0 radical (unpaired) electrons. The van der Waals surface area contributed by atoms with Crippen LogP contribution in [0.5, 0.6) is 0 Å². The minimum Gasteiger partial charge on any atom is -0.377 e. The van der Waals surface area contributed by atoms with Crippen molar-refractivity contribution in [3.63, 3.8) is 0 Å². The Hall–Kier alpha value is -0.380. The standard InChI is InChI=1S/C16H28N2O/c1-12-6-4-8-18(10-12)11-16(17)13-7-5-9-19-14(13)15(16,2)3/h6,13-14H,4-5,7-11,17H2,1-3H3. The third kappa shape index (κ3) is 1.98. The molecular weight excluding hydrogens is 236 g/mol. The van der Waals surface area contributed by atoms with Crippen LogP contribution in [0.3, 0.4) is 0 Å². The van der Waals surface area contributed by atoms with Gasteiger partial charge in [0.15, 0.2) is 0 Å². The Kier molecular flexibility index (Phi) is 3.27. The number of ether oxygens (including phenoxy) is 1. The highest BCUT2D eigenvalue weighted by atomic mass is 16.5. The molecule has 2 fully saturated rings. The molecule has 2 heterocycles. The van der Waals surface area contributed by atoms with Gasteiger partial charge in [0.25, 0.3) is 0 Å². The van der Waals surface area contributed by atoms with Crippen LogP contribution < -0.4 is 5.73 Å². The largest absolute Gasteiger partial charge is 0.377 e. The lowest BCUT2D eigenvalue weighted by atomic mass is 9.46. The highest BCUT2D eigenvalue weighted by Crippen LogP contribution is 2.57. The SMILES string of the molecule is CC1=CCCN(CC2(N)C3CCCOC3C2(C)C)C1. The van der Waals surface area contributed by atoms with Gasteiger partial charge in [-0.3, -0.25) is 4.90 Å². The van der Waals surface area contributed by atoms with Crippen LogP contribution in [0.15, 0.2) is 11.6 Å². The van der Waals surface area contributed by atoms with Gasteiger partial charge in [-0.1, -0.05) is 25.5 Å². The predicted molar refractivity (Wildman–Crippen MR) is 78.0 cm³/mol. The summed E-state index contributed by atoms with van der Waals surface area (Å²) in [5.41, 5.74) is 8.39. The Morgan fingerprint density at radius 3 is 3.00 bits per heavy atom. The number of nitrogens with two attached hydrogens (primary N) is 1. The number of hydrogen-bond acceptors (Lipinski definition) is 3. The van der Waals surface area contributed by atoms with E-state index in [-0.39, 0.29) is 11.0 Å². The van der Waals surface area contributed by atoms with Crippen molar-refractivity contribution < 1.29 is 4.74 Å². The van der Waals surface area contributed by atoms with E-state index in [0.717, 1.165) is 26.2 Å². The van der Waals surface area contributed by atoms with E-state index in [2.05, 4.69) is 31.7 Å². The van der Waals surface area contributed by atoms with E-state index < -0.39 is 0 Å². The van der Waals surface area contributed by atoms with Crippen LogP contribution in [0, 0.1) is 11.3 Å². The molecular formula is C16H28N2O. The lowest BCUT2D eigenvalue weighted by Gasteiger charge is -2.67. The van der Waals surface area contributed by atoms with Gasteiger partial charge in [0.2, 0.25) is 0 Å². The summed E-state index contributed by atoms with van der Waals surface area (Å²) < 4.78 is 5.99. The van der Waals surface area contributed by atoms with E-state index in [1.54, 1.807) is 0 Å². The summed E-state index contributed by atoms with van der Waals surface area (Å²) in [7, 11) is 0. The number of nitrogens with zero attached hydrogens (tertiary/aromatic N) is 1. The van der Waals surface area contributed by atoms with Gasteiger partial charge in [-0.25, -0.2) is 0 Å². The van der Waals surface area contributed by atoms with Gasteiger partial charge < -0.3 is 10.5 Å². The first-order valence-corrected chi connectivity index (χ1v) is 7.73. The first-order chi connectivity index (χ1) is 8.95. The van der Waals surface area contributed by atoms with Gasteiger partial charge in [0, 0.05) is 43.1 Å². The zero-order valence-corrected chi connectivity index (χ0v) is 12.6. The molecule has 2 aliphatic heterocycles. The molecule has 0 aromatic rings. The molecule has 1 saturated carbocycles. The maximum atomic E-state index is 6.87. The average Bonchev–Trinajstić information content (AvgIpc) is 2.38. The van der Waals surface area contributed by atoms with Crippen LogP contribution in [0.25, 0.3) is 0 Å². The molecule has 3 unspecified atom stereocenters. The van der Waals surface area contributed by atoms with Crippen molar-refractivity contribution in [3.8, 4) is 0 Å². The van der Waals surface area contributed by atoms with Crippen LogP contribution in [-0.2, 0) is 4.74 Å². The van der Waals surface area contributed by atoms with Crippen molar-refractivity contribution in [1.29, 1.82) is 0 Å². The predicted octanol–water partition coefficient (Wildman–Crippen LogP) is 2.17. The van der Waals surface area contributed by atoms with Crippen molar-refractivity contribution in [1.82, 2.24) is 4.90 Å². The normalized spacial score (nSPS) is 42.2. The Balaban J connectivity index is 1.73. The van der Waals surface area contributed by atoms with Crippen LogP contribution in [0.4, 0.5) is 0 Å². The Morgan fingerprint density at radius 2 is 2.26 bits per heavy atom. The summed E-state index contributed by atoms with van der Waals surface area (Å²) in [5, 5.41) is 0. The number of rotatable bonds is 2. The third-order valence-corrected chi connectivity index (χ3v) is 5.79. The highest BCUT2D eigenvalue weighted by Gasteiger charge is 2.66. The van der Waals surface area contributed by atoms with Gasteiger partial charge in [-0.2, -0.15) is 0 Å². The minimum atomic E-state index is -0.0737. The van der Waals surface area contributed by atoms with Crippen molar-refractivity contribution >= 4 is 0 Å². The molecule has 0 aromatic heterocycles. The molecule has 3 nitrogen and oxygen atoms in total. The molecule has 1 aliphatic carbocycles. The Bertz CT molecular complexity index is 390. The van der Waals surface area contributed by atoms with E-state index in [1.807, 2.05) is 0 Å². The van der Waals surface area contributed by atoms with Crippen LogP contribution >= 0.6 is 0 Å². The van der Waals surface area contributed by atoms with Crippen LogP contribution in [0.1, 0.15) is 40.0 Å². The van der Waals surface area contributed by atoms with E-state index >= 15 is 0 Å². The maximum Gasteiger partial charge on any atom is 0.0690 e. The summed E-state index contributed by atoms with van der Waals surface area (Å²) in [5.74, 6) is 0.558. The first-order valence-electron chi connectivity index (χ1n) is 7.73. The molecule has 3 heteroatoms. The molecule has 3 rings (SSSR count). The lowest BCUT2D eigenvalue weighted by molar-refractivity contribution is -0.231. The Labute approximate surface area is 117 Å². The lowest BCUT2D eigenvalue weighted by Crippen LogP contribution is -2.80. The Morgan fingerprint density at radius 1 is 1.47 bits per heavy atom. The fraction of sp³-hybridized carbons (Fsp3) is 0.875. The fourth-order valence-electron chi connectivity index (χ4n) is 4.48. The monoisotopic (exact) mass is 264 g/mol. The van der Waals surface area contributed by atoms with Crippen molar-refractivity contribution in [2.45, 2.75) is 51.7 Å². The second-order valence-electron chi connectivity index (χ2n) is 7.35. The number of fused-ring (bicyclic) bond motifs is 1. The van der Waals surface area contributed by atoms with E-state index in [0.29, 0.717) is 12.0 Å². The second-order valence-corrected chi connectivity index (χ2v) is 7.35. The summed E-state index contributed by atoms with van der Waals surface area (Å²) >= 11 is 0. The van der Waals surface area contributed by atoms with Crippen molar-refractivity contribution in [3.05, 3.63) is 11.6 Å². The quantitative estimate of drug-likeness (QED) is 0.777. The summed E-state index contributed by atoms with van der Waals surface area (Å²) in [4.78, 5) is 2.54. The zero-order valence-electron chi connectivity index (χ0n) is 12.6. The van der Waals surface area contributed by atoms with Crippen molar-refractivity contribution in [2.75, 3.05) is 26.2 Å². The van der Waals surface area contributed by atoms with Gasteiger partial charge in [-0.15, -0.1) is 0 Å². The third-order valence-electron chi connectivity index (χ3n) is 5.79. The molecule has 0 bridgehead atoms. The topological polar surface area (TPSA) is 38.5 Å². The van der Waals surface area contributed by atoms with E-state index in [1.165, 1.54) is 24.8 Å². The minimum absolute atomic E-state index is 0.0737. The van der Waals surface area contributed by atoms with Crippen molar-refractivity contribution in [2.24, 2.45) is 17.1 Å². The van der Waals surface area contributed by atoms with Crippen LogP contribution in [-0.4, -0.2) is 42.8 Å². The average molecular weight is 264 g/mol. The molecule has 3 aliphatic rings. The second kappa shape index (κ2) is 4.57. The van der Waals surface area contributed by atoms with Gasteiger partial charge in [0.1, 0.15) is 0 Å². The zero-order chi connectivity index (χ0) is 13.7. The molecule has 19 heavy (non-hydrogen) atoms. The highest BCUT2D eigenvalue weighted by molar-refractivity contribution is 5.21. The van der Waals surface area contributed by atoms with E-state index in [9.17, 15) is 0 Å². The smallest absolute Gasteiger partial charge is 0.0690 e. The first kappa shape index (κ1) is 13.6. The molecule has 3 atom stereocenters. The van der Waals surface area contributed by atoms with Gasteiger partial charge in [0.05, 0.1) is 6.10 Å². The van der Waals surface area contributed by atoms with Gasteiger partial charge in [-0.05, 0) is 26.2 Å². The number of hydrogen-bond donors (Lipinski definition) is 1. The molecule has 108 valence electrons. The molecule has 0 amide bonds. The van der Waals surface area contributed by atoms with E-state index in [4.69, 9.17) is 10.5 Å². The van der Waals surface area contributed by atoms with Crippen LogP contribution in [0.2, 0.25) is 0 Å². The molecule has 0 aromatic carbocycles. The molecule has 2 N–H and O–H groups in total. The summed E-state index contributed by atoms with van der Waals surface area (Å²) in [6.07, 6.45) is 6.33. The fourth-order valence-corrected chi connectivity index (χ4v) is 4.48. The molecule has 0 spiro atoms. The van der Waals surface area contributed by atoms with Gasteiger partial charge >= 0.3 is 0 Å². The summed E-state index contributed by atoms with van der Waals surface area (Å²) in [6, 6.07) is 0.